The van der Waals surface area contributed by atoms with Gasteiger partial charge >= 0.3 is 0 Å². The van der Waals surface area contributed by atoms with Crippen LogP contribution < -0.4 is 11.3 Å². The highest BCUT2D eigenvalue weighted by atomic mass is 16.1. The molecule has 3 nitrogen and oxygen atoms in total. The molecule has 1 aromatic rings. The Kier molecular flexibility index (Phi) is 1.98. The van der Waals surface area contributed by atoms with E-state index in [2.05, 4.69) is 4.98 Å². The van der Waals surface area contributed by atoms with Gasteiger partial charge in [0.05, 0.1) is 0 Å². The minimum atomic E-state index is -0.120. The van der Waals surface area contributed by atoms with Gasteiger partial charge in [-0.25, -0.2) is 0 Å². The molecule has 3 heteroatoms. The molecule has 0 bridgehead atoms. The molecule has 1 heterocycles. The SMILES string of the molecule is CCc1[nH]c(=O)cc(N)c1C. The number of hydrogen-bond donors (Lipinski definition) is 2. The molecule has 0 saturated carbocycles. The fraction of sp³-hybridized carbons (Fsp3) is 0.375. The predicted molar refractivity (Wildman–Crippen MR) is 45.6 cm³/mol. The third-order valence-electron chi connectivity index (χ3n) is 1.80. The average molecular weight is 152 g/mol. The minimum absolute atomic E-state index is 0.120. The molecule has 0 amide bonds. The van der Waals surface area contributed by atoms with E-state index >= 15 is 0 Å². The van der Waals surface area contributed by atoms with Crippen LogP contribution in [0.1, 0.15) is 18.2 Å². The summed E-state index contributed by atoms with van der Waals surface area (Å²) >= 11 is 0. The minimum Gasteiger partial charge on any atom is -0.398 e. The van der Waals surface area contributed by atoms with Crippen LogP contribution in [0.4, 0.5) is 5.69 Å². The zero-order chi connectivity index (χ0) is 8.43. The van der Waals surface area contributed by atoms with Crippen molar-refractivity contribution in [1.82, 2.24) is 4.98 Å². The van der Waals surface area contributed by atoms with E-state index in [1.165, 1.54) is 6.07 Å². The number of nitrogens with one attached hydrogen (secondary N) is 1. The predicted octanol–water partition coefficient (Wildman–Crippen LogP) is 0.828. The molecule has 0 saturated heterocycles. The van der Waals surface area contributed by atoms with Crippen LogP contribution in [-0.4, -0.2) is 4.98 Å². The van der Waals surface area contributed by atoms with Gasteiger partial charge in [-0.15, -0.1) is 0 Å². The lowest BCUT2D eigenvalue weighted by Gasteiger charge is -2.03. The number of aromatic amines is 1. The van der Waals surface area contributed by atoms with Gasteiger partial charge in [-0.05, 0) is 18.9 Å². The van der Waals surface area contributed by atoms with Crippen LogP contribution in [-0.2, 0) is 6.42 Å². The molecule has 1 aromatic heterocycles. The highest BCUT2D eigenvalue weighted by molar-refractivity contribution is 5.46. The molecular weight excluding hydrogens is 140 g/mol. The summed E-state index contributed by atoms with van der Waals surface area (Å²) in [4.78, 5) is 13.6. The third-order valence-corrected chi connectivity index (χ3v) is 1.80. The summed E-state index contributed by atoms with van der Waals surface area (Å²) in [7, 11) is 0. The third kappa shape index (κ3) is 1.42. The van der Waals surface area contributed by atoms with Crippen molar-refractivity contribution in [3.63, 3.8) is 0 Å². The summed E-state index contributed by atoms with van der Waals surface area (Å²) < 4.78 is 0. The molecule has 0 aromatic carbocycles. The number of nitrogen functional groups attached to an aromatic ring is 1. The van der Waals surface area contributed by atoms with Gasteiger partial charge in [0, 0.05) is 17.4 Å². The van der Waals surface area contributed by atoms with Crippen LogP contribution in [0.3, 0.4) is 0 Å². The lowest BCUT2D eigenvalue weighted by molar-refractivity contribution is 0.989. The van der Waals surface area contributed by atoms with Gasteiger partial charge in [0.15, 0.2) is 0 Å². The number of anilines is 1. The van der Waals surface area contributed by atoms with Crippen molar-refractivity contribution in [3.05, 3.63) is 27.7 Å². The summed E-state index contributed by atoms with van der Waals surface area (Å²) in [6.45, 7) is 3.89. The van der Waals surface area contributed by atoms with E-state index < -0.39 is 0 Å². The van der Waals surface area contributed by atoms with Gasteiger partial charge in [0.1, 0.15) is 0 Å². The topological polar surface area (TPSA) is 58.9 Å². The average Bonchev–Trinajstić information content (AvgIpc) is 1.96. The van der Waals surface area contributed by atoms with Crippen LogP contribution in [0.2, 0.25) is 0 Å². The van der Waals surface area contributed by atoms with E-state index in [4.69, 9.17) is 5.73 Å². The fourth-order valence-corrected chi connectivity index (χ4v) is 1.06. The number of hydrogen-bond acceptors (Lipinski definition) is 2. The number of rotatable bonds is 1. The Morgan fingerprint density at radius 2 is 2.27 bits per heavy atom. The smallest absolute Gasteiger partial charge is 0.250 e. The number of aromatic nitrogens is 1. The molecular formula is C8H12N2O. The number of pyridine rings is 1. The molecule has 0 fully saturated rings. The first-order chi connectivity index (χ1) is 5.15. The quantitative estimate of drug-likeness (QED) is 0.626. The van der Waals surface area contributed by atoms with Gasteiger partial charge in [0.25, 0.3) is 0 Å². The van der Waals surface area contributed by atoms with Crippen LogP contribution >= 0.6 is 0 Å². The lowest BCUT2D eigenvalue weighted by Crippen LogP contribution is -2.11. The van der Waals surface area contributed by atoms with Gasteiger partial charge in [0.2, 0.25) is 5.56 Å². The lowest BCUT2D eigenvalue weighted by atomic mass is 10.1. The normalized spacial score (nSPS) is 10.0. The first-order valence-electron chi connectivity index (χ1n) is 3.63. The van der Waals surface area contributed by atoms with E-state index in [0.29, 0.717) is 5.69 Å². The Hall–Kier alpha value is -1.25. The molecule has 0 aliphatic carbocycles. The maximum absolute atomic E-state index is 10.9. The van der Waals surface area contributed by atoms with E-state index in [0.717, 1.165) is 17.7 Å². The molecule has 0 spiro atoms. The summed E-state index contributed by atoms with van der Waals surface area (Å²) in [5, 5.41) is 0. The number of nitrogens with two attached hydrogens (primary N) is 1. The van der Waals surface area contributed by atoms with Crippen LogP contribution in [0.5, 0.6) is 0 Å². The fourth-order valence-electron chi connectivity index (χ4n) is 1.06. The molecule has 3 N–H and O–H groups in total. The van der Waals surface area contributed by atoms with E-state index in [1.54, 1.807) is 0 Å². The molecule has 0 aliphatic rings. The van der Waals surface area contributed by atoms with E-state index in [9.17, 15) is 4.79 Å². The van der Waals surface area contributed by atoms with Crippen LogP contribution in [0.15, 0.2) is 10.9 Å². The van der Waals surface area contributed by atoms with Crippen molar-refractivity contribution in [2.45, 2.75) is 20.3 Å². The van der Waals surface area contributed by atoms with E-state index in [-0.39, 0.29) is 5.56 Å². The van der Waals surface area contributed by atoms with Crippen molar-refractivity contribution in [2.75, 3.05) is 5.73 Å². The molecule has 0 atom stereocenters. The maximum Gasteiger partial charge on any atom is 0.250 e. The highest BCUT2D eigenvalue weighted by Crippen LogP contribution is 2.10. The summed E-state index contributed by atoms with van der Waals surface area (Å²) in [5.41, 5.74) is 7.94. The Bertz CT molecular complexity index is 314. The summed E-state index contributed by atoms with van der Waals surface area (Å²) in [5.74, 6) is 0. The van der Waals surface area contributed by atoms with Gasteiger partial charge in [-0.3, -0.25) is 4.79 Å². The largest absolute Gasteiger partial charge is 0.398 e. The Morgan fingerprint density at radius 3 is 2.82 bits per heavy atom. The van der Waals surface area contributed by atoms with Crippen molar-refractivity contribution < 1.29 is 0 Å². The molecule has 0 radical (unpaired) electrons. The maximum atomic E-state index is 10.9. The number of aryl methyl sites for hydroxylation is 1. The van der Waals surface area contributed by atoms with Gasteiger partial charge in [-0.2, -0.15) is 0 Å². The second-order valence-electron chi connectivity index (χ2n) is 2.55. The first-order valence-corrected chi connectivity index (χ1v) is 3.63. The van der Waals surface area contributed by atoms with E-state index in [1.807, 2.05) is 13.8 Å². The van der Waals surface area contributed by atoms with Crippen molar-refractivity contribution in [3.8, 4) is 0 Å². The Labute approximate surface area is 65.2 Å². The molecule has 0 unspecified atom stereocenters. The Balaban J connectivity index is 3.36. The monoisotopic (exact) mass is 152 g/mol. The summed E-state index contributed by atoms with van der Waals surface area (Å²) in [6, 6.07) is 1.41. The molecule has 0 aliphatic heterocycles. The van der Waals surface area contributed by atoms with Crippen LogP contribution in [0, 0.1) is 6.92 Å². The number of H-pyrrole nitrogens is 1. The molecule has 60 valence electrons. The summed E-state index contributed by atoms with van der Waals surface area (Å²) in [6.07, 6.45) is 0.812. The first kappa shape index (κ1) is 7.85. The second kappa shape index (κ2) is 2.78. The van der Waals surface area contributed by atoms with Crippen molar-refractivity contribution in [1.29, 1.82) is 0 Å². The zero-order valence-electron chi connectivity index (χ0n) is 6.77. The molecule has 11 heavy (non-hydrogen) atoms. The standard InChI is InChI=1S/C8H12N2O/c1-3-7-5(2)6(9)4-8(11)10-7/h4H,3H2,1-2H3,(H3,9,10,11). The van der Waals surface area contributed by atoms with Gasteiger partial charge in [-0.1, -0.05) is 6.92 Å². The van der Waals surface area contributed by atoms with Crippen molar-refractivity contribution >= 4 is 5.69 Å². The van der Waals surface area contributed by atoms with Crippen molar-refractivity contribution in [2.24, 2.45) is 0 Å². The van der Waals surface area contributed by atoms with Gasteiger partial charge < -0.3 is 10.7 Å². The zero-order valence-corrected chi connectivity index (χ0v) is 6.77. The Morgan fingerprint density at radius 1 is 1.64 bits per heavy atom. The second-order valence-corrected chi connectivity index (χ2v) is 2.55. The van der Waals surface area contributed by atoms with Crippen LogP contribution in [0.25, 0.3) is 0 Å². The molecule has 1 rings (SSSR count). The highest BCUT2D eigenvalue weighted by Gasteiger charge is 2.00.